The van der Waals surface area contributed by atoms with Gasteiger partial charge in [-0.15, -0.1) is 11.3 Å². The molecule has 0 saturated carbocycles. The fraction of sp³-hybridized carbons (Fsp3) is 0.190. The summed E-state index contributed by atoms with van der Waals surface area (Å²) in [5.74, 6) is 0.418. The number of ether oxygens (including phenoxy) is 1. The summed E-state index contributed by atoms with van der Waals surface area (Å²) < 4.78 is 7.16. The van der Waals surface area contributed by atoms with Crippen molar-refractivity contribution in [1.29, 1.82) is 0 Å². The van der Waals surface area contributed by atoms with Gasteiger partial charge in [-0.1, -0.05) is 0 Å². The van der Waals surface area contributed by atoms with Crippen molar-refractivity contribution in [2.45, 2.75) is 19.9 Å². The highest BCUT2D eigenvalue weighted by Crippen LogP contribution is 2.32. The number of anilines is 1. The fourth-order valence-electron chi connectivity index (χ4n) is 2.97. The van der Waals surface area contributed by atoms with Gasteiger partial charge in [0.15, 0.2) is 6.61 Å². The first-order valence-electron chi connectivity index (χ1n) is 9.51. The van der Waals surface area contributed by atoms with Crippen molar-refractivity contribution in [1.82, 2.24) is 4.68 Å². The molecule has 31 heavy (non-hydrogen) atoms. The lowest BCUT2D eigenvalue weighted by atomic mass is 10.1. The average molecular weight is 437 g/mol. The van der Waals surface area contributed by atoms with E-state index in [1.165, 1.54) is 23.5 Å². The van der Waals surface area contributed by atoms with Crippen LogP contribution in [0.25, 0.3) is 11.3 Å². The first-order chi connectivity index (χ1) is 14.9. The van der Waals surface area contributed by atoms with Crippen LogP contribution in [0.15, 0.2) is 57.9 Å². The van der Waals surface area contributed by atoms with E-state index in [0.29, 0.717) is 16.2 Å². The molecule has 2 aromatic carbocycles. The normalized spacial score (nSPS) is 13.9. The van der Waals surface area contributed by atoms with Crippen LogP contribution in [0.2, 0.25) is 0 Å². The molecule has 0 spiro atoms. The van der Waals surface area contributed by atoms with Crippen LogP contribution in [0.3, 0.4) is 0 Å². The molecule has 1 aliphatic heterocycles. The van der Waals surface area contributed by atoms with E-state index < -0.39 is 4.92 Å². The predicted molar refractivity (Wildman–Crippen MR) is 119 cm³/mol. The molecule has 1 aromatic heterocycles. The average Bonchev–Trinajstić information content (AvgIpc) is 3.13. The second-order valence-electron chi connectivity index (χ2n) is 7.08. The molecule has 0 bridgehead atoms. The Morgan fingerprint density at radius 3 is 2.74 bits per heavy atom. The zero-order chi connectivity index (χ0) is 22.0. The molecule has 9 nitrogen and oxygen atoms in total. The number of aromatic nitrogens is 1. The lowest BCUT2D eigenvalue weighted by Crippen LogP contribution is -2.25. The van der Waals surface area contributed by atoms with E-state index in [-0.39, 0.29) is 24.2 Å². The highest BCUT2D eigenvalue weighted by Gasteiger charge is 2.18. The number of fused-ring (bicyclic) bond motifs is 1. The molecule has 1 amide bonds. The number of carbonyl (C=O) groups is 1. The van der Waals surface area contributed by atoms with Gasteiger partial charge in [0.2, 0.25) is 4.80 Å². The number of hydrogen-bond donors (Lipinski definition) is 1. The van der Waals surface area contributed by atoms with Gasteiger partial charge in [0, 0.05) is 29.1 Å². The summed E-state index contributed by atoms with van der Waals surface area (Å²) in [6.07, 6.45) is 1.63. The summed E-state index contributed by atoms with van der Waals surface area (Å²) in [6.45, 7) is 3.97. The van der Waals surface area contributed by atoms with Crippen LogP contribution in [0.5, 0.6) is 5.75 Å². The molecule has 1 N–H and O–H groups in total. The number of amides is 1. The lowest BCUT2D eigenvalue weighted by molar-refractivity contribution is -0.384. The molecule has 0 fully saturated rings. The standard InChI is InChI=1S/C21H19N5O4S/c1-13(2)23-21-25(22-10-14-3-6-16(7-4-14)26(28)29)18(12-31-21)15-5-8-19-17(9-15)24-20(27)11-30-19/h3-10,12-13H,11H2,1-2H3,(H,24,27). The summed E-state index contributed by atoms with van der Waals surface area (Å²) >= 11 is 1.45. The molecule has 0 saturated heterocycles. The number of nitrogens with one attached hydrogen (secondary N) is 1. The van der Waals surface area contributed by atoms with Gasteiger partial charge in [0.05, 0.1) is 22.5 Å². The van der Waals surface area contributed by atoms with E-state index in [2.05, 4.69) is 15.4 Å². The Morgan fingerprint density at radius 1 is 1.26 bits per heavy atom. The van der Waals surface area contributed by atoms with E-state index in [0.717, 1.165) is 16.8 Å². The second-order valence-corrected chi connectivity index (χ2v) is 7.92. The Hall–Kier alpha value is -3.79. The largest absolute Gasteiger partial charge is 0.482 e. The number of rotatable bonds is 5. The third-order valence-electron chi connectivity index (χ3n) is 4.39. The molecule has 0 unspecified atom stereocenters. The molecular weight excluding hydrogens is 418 g/mol. The van der Waals surface area contributed by atoms with E-state index >= 15 is 0 Å². The minimum Gasteiger partial charge on any atom is -0.482 e. The Balaban J connectivity index is 1.75. The van der Waals surface area contributed by atoms with Crippen molar-refractivity contribution in [3.05, 3.63) is 68.3 Å². The smallest absolute Gasteiger partial charge is 0.269 e. The SMILES string of the molecule is CC(C)N=c1scc(-c2ccc3c(c2)NC(=O)CO3)n1N=Cc1ccc([N+](=O)[O-])cc1. The van der Waals surface area contributed by atoms with E-state index in [1.807, 2.05) is 37.4 Å². The zero-order valence-corrected chi connectivity index (χ0v) is 17.6. The van der Waals surface area contributed by atoms with Gasteiger partial charge in [0.25, 0.3) is 11.6 Å². The summed E-state index contributed by atoms with van der Waals surface area (Å²) in [4.78, 5) is 27.4. The Morgan fingerprint density at radius 2 is 2.03 bits per heavy atom. The molecule has 0 radical (unpaired) electrons. The zero-order valence-electron chi connectivity index (χ0n) is 16.8. The van der Waals surface area contributed by atoms with Crippen LogP contribution in [-0.4, -0.2) is 34.4 Å². The predicted octanol–water partition coefficient (Wildman–Crippen LogP) is 3.65. The lowest BCUT2D eigenvalue weighted by Gasteiger charge is -2.18. The van der Waals surface area contributed by atoms with Crippen LogP contribution in [-0.2, 0) is 4.79 Å². The van der Waals surface area contributed by atoms with E-state index in [1.54, 1.807) is 23.0 Å². The number of nitro benzene ring substituents is 1. The first kappa shape index (κ1) is 20.5. The van der Waals surface area contributed by atoms with Crippen LogP contribution in [0, 0.1) is 10.1 Å². The highest BCUT2D eigenvalue weighted by molar-refractivity contribution is 7.07. The Labute approximate surface area is 181 Å². The molecule has 2 heterocycles. The molecular formula is C21H19N5O4S. The third kappa shape index (κ3) is 4.53. The number of nitrogens with zero attached hydrogens (tertiary/aromatic N) is 4. The first-order valence-corrected chi connectivity index (χ1v) is 10.4. The highest BCUT2D eigenvalue weighted by atomic mass is 32.1. The van der Waals surface area contributed by atoms with Gasteiger partial charge in [-0.2, -0.15) is 5.10 Å². The van der Waals surface area contributed by atoms with Crippen LogP contribution >= 0.6 is 11.3 Å². The topological polar surface area (TPSA) is 111 Å². The van der Waals surface area contributed by atoms with Gasteiger partial charge < -0.3 is 10.1 Å². The van der Waals surface area contributed by atoms with Gasteiger partial charge >= 0.3 is 0 Å². The molecule has 10 heteroatoms. The van der Waals surface area contributed by atoms with Crippen molar-refractivity contribution >= 4 is 34.8 Å². The van der Waals surface area contributed by atoms with Gasteiger partial charge in [0.1, 0.15) is 5.75 Å². The van der Waals surface area contributed by atoms with Crippen molar-refractivity contribution in [2.24, 2.45) is 10.1 Å². The maximum absolute atomic E-state index is 11.7. The van der Waals surface area contributed by atoms with Crippen molar-refractivity contribution in [2.75, 3.05) is 11.9 Å². The van der Waals surface area contributed by atoms with Gasteiger partial charge in [-0.3, -0.25) is 19.9 Å². The van der Waals surface area contributed by atoms with Crippen molar-refractivity contribution in [3.63, 3.8) is 0 Å². The van der Waals surface area contributed by atoms with Gasteiger partial charge in [-0.05, 0) is 49.7 Å². The van der Waals surface area contributed by atoms with Gasteiger partial charge in [-0.25, -0.2) is 4.68 Å². The monoisotopic (exact) mass is 437 g/mol. The number of non-ortho nitro benzene ring substituents is 1. The summed E-state index contributed by atoms with van der Waals surface area (Å²) in [5, 5.41) is 20.2. The number of hydrogen-bond acceptors (Lipinski definition) is 7. The third-order valence-corrected chi connectivity index (χ3v) is 5.22. The molecule has 1 aliphatic rings. The number of carbonyl (C=O) groups excluding carboxylic acids is 1. The number of thiazole rings is 1. The Kier molecular flexibility index (Phi) is 5.63. The molecule has 158 valence electrons. The molecule has 0 atom stereocenters. The summed E-state index contributed by atoms with van der Waals surface area (Å²) in [5.41, 5.74) is 2.98. The fourth-order valence-corrected chi connectivity index (χ4v) is 3.94. The maximum Gasteiger partial charge on any atom is 0.269 e. The minimum atomic E-state index is -0.440. The minimum absolute atomic E-state index is 0.00173. The van der Waals surface area contributed by atoms with Crippen LogP contribution in [0.4, 0.5) is 11.4 Å². The Bertz CT molecular complexity index is 1240. The molecule has 0 aliphatic carbocycles. The summed E-state index contributed by atoms with van der Waals surface area (Å²) in [6, 6.07) is 11.8. The number of benzene rings is 2. The van der Waals surface area contributed by atoms with Crippen molar-refractivity contribution in [3.8, 4) is 17.0 Å². The van der Waals surface area contributed by atoms with E-state index in [4.69, 9.17) is 4.74 Å². The number of nitro groups is 1. The van der Waals surface area contributed by atoms with E-state index in [9.17, 15) is 14.9 Å². The summed E-state index contributed by atoms with van der Waals surface area (Å²) in [7, 11) is 0. The quantitative estimate of drug-likeness (QED) is 0.373. The van der Waals surface area contributed by atoms with Crippen molar-refractivity contribution < 1.29 is 14.5 Å². The molecule has 4 rings (SSSR count). The molecule has 3 aromatic rings. The van der Waals surface area contributed by atoms with Crippen LogP contribution < -0.4 is 14.9 Å². The maximum atomic E-state index is 11.7. The second kappa shape index (κ2) is 8.52. The van der Waals surface area contributed by atoms with Crippen LogP contribution in [0.1, 0.15) is 19.4 Å².